The first-order valence-electron chi connectivity index (χ1n) is 11.1. The minimum atomic E-state index is -4.74. The van der Waals surface area contributed by atoms with Crippen molar-refractivity contribution in [1.29, 1.82) is 0 Å². The molecule has 2 saturated heterocycles. The molecule has 1 aromatic rings. The molecule has 2 unspecified atom stereocenters. The molecule has 182 valence electrons. The Morgan fingerprint density at radius 2 is 1.76 bits per heavy atom. The summed E-state index contributed by atoms with van der Waals surface area (Å²) in [5.41, 5.74) is -2.08. The fourth-order valence-corrected chi connectivity index (χ4v) is 4.06. The highest BCUT2D eigenvalue weighted by molar-refractivity contribution is 5.96. The van der Waals surface area contributed by atoms with E-state index >= 15 is 0 Å². The van der Waals surface area contributed by atoms with Crippen LogP contribution in [-0.2, 0) is 25.3 Å². The Balaban J connectivity index is 1.73. The summed E-state index contributed by atoms with van der Waals surface area (Å²) in [7, 11) is 0. The van der Waals surface area contributed by atoms with Gasteiger partial charge in [0.25, 0.3) is 5.91 Å². The highest BCUT2D eigenvalue weighted by Crippen LogP contribution is 2.37. The zero-order valence-electron chi connectivity index (χ0n) is 19.1. The first-order chi connectivity index (χ1) is 15.4. The van der Waals surface area contributed by atoms with Crippen LogP contribution in [0.4, 0.5) is 24.5 Å². The van der Waals surface area contributed by atoms with Crippen molar-refractivity contribution < 1.29 is 32.3 Å². The SMILES string of the molecule is CC(C)(C)C(=O)N1CCCC(C(=O)Nc2ccc(NC(=O)C3CCCO3)cc2C(F)(F)F)C1. The van der Waals surface area contributed by atoms with E-state index in [9.17, 15) is 27.6 Å². The molecule has 2 N–H and O–H groups in total. The van der Waals surface area contributed by atoms with Gasteiger partial charge in [-0.05, 0) is 43.9 Å². The molecule has 3 amide bonds. The van der Waals surface area contributed by atoms with Crippen molar-refractivity contribution in [3.05, 3.63) is 23.8 Å². The monoisotopic (exact) mass is 469 g/mol. The van der Waals surface area contributed by atoms with Crippen LogP contribution in [0.1, 0.15) is 52.0 Å². The molecular formula is C23H30F3N3O4. The average molecular weight is 470 g/mol. The molecule has 10 heteroatoms. The third kappa shape index (κ3) is 6.25. The predicted octanol–water partition coefficient (Wildman–Crippen LogP) is 4.05. The maximum absolute atomic E-state index is 13.7. The smallest absolute Gasteiger partial charge is 0.368 e. The third-order valence-corrected chi connectivity index (χ3v) is 5.79. The van der Waals surface area contributed by atoms with Gasteiger partial charge in [0, 0.05) is 30.8 Å². The van der Waals surface area contributed by atoms with Gasteiger partial charge in [0.05, 0.1) is 17.2 Å². The summed E-state index contributed by atoms with van der Waals surface area (Å²) in [6, 6.07) is 3.25. The van der Waals surface area contributed by atoms with Crippen LogP contribution in [0.3, 0.4) is 0 Å². The number of nitrogens with one attached hydrogen (secondary N) is 2. The molecule has 0 spiro atoms. The van der Waals surface area contributed by atoms with E-state index in [-0.39, 0.29) is 23.8 Å². The van der Waals surface area contributed by atoms with Gasteiger partial charge in [-0.25, -0.2) is 0 Å². The number of ether oxygens (including phenoxy) is 1. The van der Waals surface area contributed by atoms with E-state index in [1.165, 1.54) is 6.07 Å². The number of benzene rings is 1. The van der Waals surface area contributed by atoms with Gasteiger partial charge < -0.3 is 20.3 Å². The van der Waals surface area contributed by atoms with Crippen molar-refractivity contribution >= 4 is 29.1 Å². The quantitative estimate of drug-likeness (QED) is 0.697. The molecule has 2 aliphatic heterocycles. The predicted molar refractivity (Wildman–Crippen MR) is 116 cm³/mol. The van der Waals surface area contributed by atoms with E-state index in [0.29, 0.717) is 32.4 Å². The van der Waals surface area contributed by atoms with Gasteiger partial charge in [-0.3, -0.25) is 14.4 Å². The first kappa shape index (κ1) is 25.0. The number of carbonyl (C=O) groups is 3. The highest BCUT2D eigenvalue weighted by atomic mass is 19.4. The summed E-state index contributed by atoms with van der Waals surface area (Å²) in [6.45, 7) is 6.48. The van der Waals surface area contributed by atoms with Gasteiger partial charge in [0.2, 0.25) is 11.8 Å². The van der Waals surface area contributed by atoms with Gasteiger partial charge in [-0.15, -0.1) is 0 Å². The molecule has 2 atom stereocenters. The molecule has 7 nitrogen and oxygen atoms in total. The number of amides is 3. The number of hydrogen-bond donors (Lipinski definition) is 2. The molecule has 3 rings (SSSR count). The molecule has 0 bridgehead atoms. The van der Waals surface area contributed by atoms with E-state index in [2.05, 4.69) is 10.6 Å². The topological polar surface area (TPSA) is 87.7 Å². The Kier molecular flexibility index (Phi) is 7.36. The van der Waals surface area contributed by atoms with E-state index in [1.807, 2.05) is 0 Å². The number of nitrogens with zero attached hydrogens (tertiary/aromatic N) is 1. The molecule has 0 aliphatic carbocycles. The second-order valence-corrected chi connectivity index (χ2v) is 9.58. The summed E-state index contributed by atoms with van der Waals surface area (Å²) in [4.78, 5) is 39.1. The standard InChI is InChI=1S/C23H30F3N3O4/c1-22(2,3)21(32)29-10-4-6-14(13-29)19(30)28-17-9-8-15(12-16(17)23(24,25)26)27-20(31)18-7-5-11-33-18/h8-9,12,14,18H,4-7,10-11,13H2,1-3H3,(H,27,31)(H,28,30). The number of hydrogen-bond acceptors (Lipinski definition) is 4. The van der Waals surface area contributed by atoms with Crippen LogP contribution in [0.2, 0.25) is 0 Å². The lowest BCUT2D eigenvalue weighted by atomic mass is 9.91. The summed E-state index contributed by atoms with van der Waals surface area (Å²) < 4.78 is 46.4. The van der Waals surface area contributed by atoms with Crippen LogP contribution in [0, 0.1) is 11.3 Å². The van der Waals surface area contributed by atoms with Crippen LogP contribution in [0.15, 0.2) is 18.2 Å². The molecule has 0 aromatic heterocycles. The summed E-state index contributed by atoms with van der Waals surface area (Å²) >= 11 is 0. The fraction of sp³-hybridized carbons (Fsp3) is 0.609. The van der Waals surface area contributed by atoms with Crippen molar-refractivity contribution in [2.24, 2.45) is 11.3 Å². The highest BCUT2D eigenvalue weighted by Gasteiger charge is 2.37. The second-order valence-electron chi connectivity index (χ2n) is 9.58. The van der Waals surface area contributed by atoms with Crippen LogP contribution in [0.25, 0.3) is 0 Å². The Morgan fingerprint density at radius 3 is 2.36 bits per heavy atom. The van der Waals surface area contributed by atoms with Crippen LogP contribution in [-0.4, -0.2) is 48.4 Å². The van der Waals surface area contributed by atoms with Crippen molar-refractivity contribution in [2.75, 3.05) is 30.3 Å². The van der Waals surface area contributed by atoms with E-state index in [4.69, 9.17) is 4.74 Å². The molecule has 2 fully saturated rings. The fourth-order valence-electron chi connectivity index (χ4n) is 4.06. The van der Waals surface area contributed by atoms with Crippen molar-refractivity contribution in [3.8, 4) is 0 Å². The maximum Gasteiger partial charge on any atom is 0.418 e. The van der Waals surface area contributed by atoms with Gasteiger partial charge in [-0.1, -0.05) is 20.8 Å². The number of rotatable bonds is 4. The lowest BCUT2D eigenvalue weighted by Crippen LogP contribution is -2.47. The van der Waals surface area contributed by atoms with Gasteiger partial charge in [0.1, 0.15) is 6.10 Å². The molecule has 2 heterocycles. The number of anilines is 2. The molecule has 0 radical (unpaired) electrons. The lowest BCUT2D eigenvalue weighted by Gasteiger charge is -2.36. The Hall–Kier alpha value is -2.62. The maximum atomic E-state index is 13.7. The number of halogens is 3. The van der Waals surface area contributed by atoms with Gasteiger partial charge >= 0.3 is 6.18 Å². The number of carbonyl (C=O) groups excluding carboxylic acids is 3. The lowest BCUT2D eigenvalue weighted by molar-refractivity contribution is -0.142. The van der Waals surface area contributed by atoms with Crippen molar-refractivity contribution in [3.63, 3.8) is 0 Å². The Labute approximate surface area is 191 Å². The zero-order chi connectivity index (χ0) is 24.4. The van der Waals surface area contributed by atoms with Crippen LogP contribution in [0.5, 0.6) is 0 Å². The minimum Gasteiger partial charge on any atom is -0.368 e. The first-order valence-corrected chi connectivity index (χ1v) is 11.1. The summed E-state index contributed by atoms with van der Waals surface area (Å²) in [5.74, 6) is -1.77. The molecular weight excluding hydrogens is 439 g/mol. The van der Waals surface area contributed by atoms with Crippen molar-refractivity contribution in [2.45, 2.75) is 58.7 Å². The second kappa shape index (κ2) is 9.70. The normalized spacial score (nSPS) is 21.6. The minimum absolute atomic E-state index is 0.0274. The number of piperidine rings is 1. The zero-order valence-corrected chi connectivity index (χ0v) is 19.1. The van der Waals surface area contributed by atoms with E-state index in [1.54, 1.807) is 25.7 Å². The summed E-state index contributed by atoms with van der Waals surface area (Å²) in [5, 5.41) is 4.84. The molecule has 0 saturated carbocycles. The Morgan fingerprint density at radius 1 is 1.03 bits per heavy atom. The van der Waals surface area contributed by atoms with Gasteiger partial charge in [-0.2, -0.15) is 13.2 Å². The molecule has 2 aliphatic rings. The number of likely N-dealkylation sites (tertiary alicyclic amines) is 1. The van der Waals surface area contributed by atoms with Crippen LogP contribution < -0.4 is 10.6 Å². The average Bonchev–Trinajstić information content (AvgIpc) is 3.28. The van der Waals surface area contributed by atoms with E-state index < -0.39 is 41.0 Å². The largest absolute Gasteiger partial charge is 0.418 e. The van der Waals surface area contributed by atoms with E-state index in [0.717, 1.165) is 18.6 Å². The van der Waals surface area contributed by atoms with Crippen molar-refractivity contribution in [1.82, 2.24) is 4.90 Å². The Bertz CT molecular complexity index is 905. The molecule has 1 aromatic carbocycles. The van der Waals surface area contributed by atoms with Gasteiger partial charge in [0.15, 0.2) is 0 Å². The van der Waals surface area contributed by atoms with Crippen LogP contribution >= 0.6 is 0 Å². The third-order valence-electron chi connectivity index (χ3n) is 5.79. The number of alkyl halides is 3. The summed E-state index contributed by atoms with van der Waals surface area (Å²) in [6.07, 6.45) is -3.10. The molecule has 33 heavy (non-hydrogen) atoms.